The highest BCUT2D eigenvalue weighted by Gasteiger charge is 2.46. The lowest BCUT2D eigenvalue weighted by atomic mass is 10.00. The third-order valence-corrected chi connectivity index (χ3v) is 11.9. The molecule has 0 aromatic rings. The quantitative estimate of drug-likeness (QED) is 0.0197. The molecule has 1 saturated heterocycles. The lowest BCUT2D eigenvalue weighted by Crippen LogP contribution is -2.60. The predicted molar refractivity (Wildman–Crippen MR) is 247 cm³/mol. The van der Waals surface area contributed by atoms with Crippen LogP contribution in [0.15, 0.2) is 36.5 Å². The summed E-state index contributed by atoms with van der Waals surface area (Å²) in [5.41, 5.74) is 0. The van der Waals surface area contributed by atoms with Gasteiger partial charge in [0, 0.05) is 12.8 Å². The van der Waals surface area contributed by atoms with Gasteiger partial charge in [0.25, 0.3) is 10.1 Å². The van der Waals surface area contributed by atoms with E-state index < -0.39 is 71.2 Å². The molecule has 0 amide bonds. The third-order valence-electron chi connectivity index (χ3n) is 11.2. The van der Waals surface area contributed by atoms with Gasteiger partial charge in [0.1, 0.15) is 36.8 Å². The van der Waals surface area contributed by atoms with Crippen LogP contribution in [0, 0.1) is 0 Å². The zero-order chi connectivity index (χ0) is 45.5. The Labute approximate surface area is 376 Å². The minimum atomic E-state index is -4.61. The van der Waals surface area contributed by atoms with Gasteiger partial charge < -0.3 is 34.3 Å². The number of rotatable bonds is 41. The highest BCUT2D eigenvalue weighted by Crippen LogP contribution is 2.24. The molecular weight excluding hydrogens is 813 g/mol. The topological polar surface area (TPSA) is 186 Å². The molecule has 62 heavy (non-hydrogen) atoms. The molecule has 12 nitrogen and oxygen atoms in total. The largest absolute Gasteiger partial charge is 0.462 e. The summed E-state index contributed by atoms with van der Waals surface area (Å²) >= 11 is 0. The molecule has 4 N–H and O–H groups in total. The van der Waals surface area contributed by atoms with Crippen LogP contribution in [-0.4, -0.2) is 96.0 Å². The van der Waals surface area contributed by atoms with Gasteiger partial charge >= 0.3 is 11.9 Å². The van der Waals surface area contributed by atoms with Crippen molar-refractivity contribution in [3.05, 3.63) is 36.5 Å². The molecule has 0 aromatic heterocycles. The van der Waals surface area contributed by atoms with Gasteiger partial charge in [-0.05, 0) is 70.6 Å². The number of hydrogen-bond acceptors (Lipinski definition) is 11. The van der Waals surface area contributed by atoms with Gasteiger partial charge in [0.05, 0.1) is 6.61 Å². The van der Waals surface area contributed by atoms with Gasteiger partial charge in [0.2, 0.25) is 0 Å². The molecule has 0 aliphatic carbocycles. The first-order valence-electron chi connectivity index (χ1n) is 24.5. The number of allylic oxidation sites excluding steroid dienone is 6. The number of aliphatic hydroxyl groups excluding tert-OH is 3. The first kappa shape index (κ1) is 57.9. The van der Waals surface area contributed by atoms with Crippen molar-refractivity contribution in [3.8, 4) is 0 Å². The standard InChI is InChI=1S/C49H88O12S/c1-3-5-7-9-11-13-15-17-19-20-21-22-24-26-28-30-32-34-36-38-45(51)60-42(40-59-49-48(54)47(53)46(52)43(61-49)41-62(55,56)57)39-58-44(50)37-35-33-31-29-27-25-23-18-16-14-12-10-8-6-4-2/h11,13,17,19,27,29,42-43,46-49,52-54H,3-10,12,14-16,18,20-26,28,30-41H2,1-2H3,(H,55,56,57)/b13-11+,19-17+,29-27+/t42-,43-,46-,47?,48?,49+/m1/s1. The van der Waals surface area contributed by atoms with Crippen molar-refractivity contribution >= 4 is 22.1 Å². The molecule has 1 aliphatic rings. The van der Waals surface area contributed by atoms with Crippen LogP contribution in [0.3, 0.4) is 0 Å². The van der Waals surface area contributed by atoms with Gasteiger partial charge in [-0.3, -0.25) is 14.1 Å². The minimum absolute atomic E-state index is 0.156. The van der Waals surface area contributed by atoms with Crippen molar-refractivity contribution < 1.29 is 56.8 Å². The van der Waals surface area contributed by atoms with Crippen molar-refractivity contribution in [3.63, 3.8) is 0 Å². The van der Waals surface area contributed by atoms with Crippen LogP contribution < -0.4 is 0 Å². The van der Waals surface area contributed by atoms with E-state index in [1.54, 1.807) is 0 Å². The monoisotopic (exact) mass is 901 g/mol. The number of aliphatic hydroxyl groups is 3. The molecule has 13 heteroatoms. The third kappa shape index (κ3) is 33.4. The number of carbonyl (C=O) groups is 2. The van der Waals surface area contributed by atoms with Crippen molar-refractivity contribution in [1.82, 2.24) is 0 Å². The van der Waals surface area contributed by atoms with Gasteiger partial charge in [-0.25, -0.2) is 0 Å². The Morgan fingerprint density at radius 2 is 0.968 bits per heavy atom. The Kier molecular flexibility index (Phi) is 36.6. The van der Waals surface area contributed by atoms with Crippen molar-refractivity contribution in [2.24, 2.45) is 0 Å². The number of esters is 2. The van der Waals surface area contributed by atoms with E-state index in [0.717, 1.165) is 57.8 Å². The molecule has 1 fully saturated rings. The van der Waals surface area contributed by atoms with Crippen molar-refractivity contribution in [2.75, 3.05) is 19.0 Å². The molecule has 1 aliphatic heterocycles. The fourth-order valence-corrected chi connectivity index (χ4v) is 8.04. The van der Waals surface area contributed by atoms with E-state index in [2.05, 4.69) is 50.3 Å². The molecule has 1 heterocycles. The van der Waals surface area contributed by atoms with E-state index in [1.807, 2.05) is 0 Å². The van der Waals surface area contributed by atoms with E-state index in [-0.39, 0.29) is 19.4 Å². The second kappa shape index (κ2) is 39.3. The molecular formula is C49H88O12S. The fourth-order valence-electron chi connectivity index (χ4n) is 7.35. The van der Waals surface area contributed by atoms with Crippen molar-refractivity contribution in [1.29, 1.82) is 0 Å². The smallest absolute Gasteiger partial charge is 0.306 e. The maximum Gasteiger partial charge on any atom is 0.306 e. The zero-order valence-electron chi connectivity index (χ0n) is 38.7. The molecule has 0 radical (unpaired) electrons. The molecule has 362 valence electrons. The maximum atomic E-state index is 12.8. The van der Waals surface area contributed by atoms with E-state index in [9.17, 15) is 37.9 Å². The van der Waals surface area contributed by atoms with Crippen LogP contribution in [0.5, 0.6) is 0 Å². The molecule has 0 bridgehead atoms. The van der Waals surface area contributed by atoms with Gasteiger partial charge in [0.15, 0.2) is 12.4 Å². The Balaban J connectivity index is 2.41. The van der Waals surface area contributed by atoms with Crippen molar-refractivity contribution in [2.45, 2.75) is 243 Å². The molecule has 0 aromatic carbocycles. The highest BCUT2D eigenvalue weighted by molar-refractivity contribution is 7.85. The summed E-state index contributed by atoms with van der Waals surface area (Å²) in [7, 11) is -4.61. The molecule has 0 saturated carbocycles. The number of ether oxygens (including phenoxy) is 4. The average molecular weight is 901 g/mol. The summed E-state index contributed by atoms with van der Waals surface area (Å²) in [5.74, 6) is -2.01. The summed E-state index contributed by atoms with van der Waals surface area (Å²) in [6, 6.07) is 0. The summed E-state index contributed by atoms with van der Waals surface area (Å²) in [6.07, 6.45) is 36.1. The zero-order valence-corrected chi connectivity index (χ0v) is 39.5. The molecule has 2 unspecified atom stereocenters. The van der Waals surface area contributed by atoms with Crippen LogP contribution in [0.2, 0.25) is 0 Å². The Hall–Kier alpha value is -2.13. The summed E-state index contributed by atoms with van der Waals surface area (Å²) < 4.78 is 54.1. The van der Waals surface area contributed by atoms with Crippen LogP contribution in [0.4, 0.5) is 0 Å². The van der Waals surface area contributed by atoms with E-state index in [1.165, 1.54) is 109 Å². The lowest BCUT2D eigenvalue weighted by Gasteiger charge is -2.40. The molecule has 1 rings (SSSR count). The summed E-state index contributed by atoms with van der Waals surface area (Å²) in [4.78, 5) is 25.5. The highest BCUT2D eigenvalue weighted by atomic mass is 32.2. The average Bonchev–Trinajstić information content (AvgIpc) is 3.24. The normalized spacial score (nSPS) is 20.1. The van der Waals surface area contributed by atoms with E-state index in [4.69, 9.17) is 18.9 Å². The predicted octanol–water partition coefficient (Wildman–Crippen LogP) is 10.6. The van der Waals surface area contributed by atoms with E-state index in [0.29, 0.717) is 12.8 Å². The van der Waals surface area contributed by atoms with Crippen LogP contribution in [0.1, 0.15) is 206 Å². The van der Waals surface area contributed by atoms with Gasteiger partial charge in [-0.1, -0.05) is 159 Å². The first-order chi connectivity index (χ1) is 30.0. The van der Waals surface area contributed by atoms with Crippen LogP contribution in [0.25, 0.3) is 0 Å². The Morgan fingerprint density at radius 1 is 0.548 bits per heavy atom. The van der Waals surface area contributed by atoms with E-state index >= 15 is 0 Å². The number of carbonyl (C=O) groups excluding carboxylic acids is 2. The summed E-state index contributed by atoms with van der Waals surface area (Å²) in [6.45, 7) is 3.73. The number of hydrogen-bond donors (Lipinski definition) is 4. The minimum Gasteiger partial charge on any atom is -0.462 e. The molecule has 6 atom stereocenters. The Bertz CT molecular complexity index is 1290. The fraction of sp³-hybridized carbons (Fsp3) is 0.837. The second-order valence-electron chi connectivity index (χ2n) is 17.1. The number of unbranched alkanes of at least 4 members (excludes halogenated alkanes) is 23. The molecule has 0 spiro atoms. The van der Waals surface area contributed by atoms with Crippen LogP contribution >= 0.6 is 0 Å². The lowest BCUT2D eigenvalue weighted by molar-refractivity contribution is -0.297. The first-order valence-corrected chi connectivity index (χ1v) is 26.2. The SMILES string of the molecule is CCCCC/C=C/C/C=C/CCCCCCCCCCCC(=O)O[C@H](COC(=O)CCCC/C=C/CCCCCCCCCCC)CO[C@H]1O[C@H](CS(=O)(=O)O)[C@@H](O)C(O)C1O. The van der Waals surface area contributed by atoms with Gasteiger partial charge in [-0.15, -0.1) is 0 Å². The van der Waals surface area contributed by atoms with Gasteiger partial charge in [-0.2, -0.15) is 8.42 Å². The van der Waals surface area contributed by atoms with Crippen LogP contribution in [-0.2, 0) is 38.7 Å². The summed E-state index contributed by atoms with van der Waals surface area (Å²) in [5, 5.41) is 30.9. The second-order valence-corrected chi connectivity index (χ2v) is 18.6. The Morgan fingerprint density at radius 3 is 1.50 bits per heavy atom. The maximum absolute atomic E-state index is 12.8.